The third-order valence-electron chi connectivity index (χ3n) is 3.77. The Kier molecular flexibility index (Phi) is 6.19. The first-order chi connectivity index (χ1) is 9.69. The summed E-state index contributed by atoms with van der Waals surface area (Å²) in [6.07, 6.45) is 3.41. The molecule has 6 nitrogen and oxygen atoms in total. The molecule has 1 fully saturated rings. The number of carbonyl (C=O) groups excluding carboxylic acids is 2. The van der Waals surface area contributed by atoms with Crippen molar-refractivity contribution < 1.29 is 18.0 Å². The molecule has 122 valence electrons. The van der Waals surface area contributed by atoms with Gasteiger partial charge in [0.25, 0.3) is 0 Å². The predicted octanol–water partition coefficient (Wildman–Crippen LogP) is 0.622. The summed E-state index contributed by atoms with van der Waals surface area (Å²) in [5, 5.41) is 5.44. The van der Waals surface area contributed by atoms with Gasteiger partial charge in [-0.15, -0.1) is 0 Å². The second-order valence-electron chi connectivity index (χ2n) is 6.16. The fraction of sp³-hybridized carbons (Fsp3) is 0.857. The lowest BCUT2D eigenvalue weighted by atomic mass is 9.90. The topological polar surface area (TPSA) is 92.3 Å². The minimum atomic E-state index is -3.04. The molecule has 0 saturated carbocycles. The standard InChI is InChI=1S/C14H26N2O4S/c1-4-5-6-8-15-12(17)14(2,3)13(18)16-11-7-9-21(19,20)10-11/h11H,4-10H2,1-3H3,(H,15,17)(H,16,18). The normalized spacial score (nSPS) is 21.0. The number of nitrogens with one attached hydrogen (secondary N) is 2. The van der Waals surface area contributed by atoms with E-state index in [-0.39, 0.29) is 23.5 Å². The van der Waals surface area contributed by atoms with Crippen molar-refractivity contribution in [2.45, 2.75) is 52.5 Å². The molecule has 1 aliphatic rings. The SMILES string of the molecule is CCCCCNC(=O)C(C)(C)C(=O)NC1CCS(=O)(=O)C1. The highest BCUT2D eigenvalue weighted by Gasteiger charge is 2.38. The minimum absolute atomic E-state index is 0.0348. The van der Waals surface area contributed by atoms with Crippen molar-refractivity contribution in [2.24, 2.45) is 5.41 Å². The summed E-state index contributed by atoms with van der Waals surface area (Å²) in [5.74, 6) is -0.677. The minimum Gasteiger partial charge on any atom is -0.355 e. The van der Waals surface area contributed by atoms with Gasteiger partial charge < -0.3 is 10.6 Å². The fourth-order valence-corrected chi connectivity index (χ4v) is 3.85. The fourth-order valence-electron chi connectivity index (χ4n) is 2.18. The summed E-state index contributed by atoms with van der Waals surface area (Å²) in [6.45, 7) is 5.75. The summed E-state index contributed by atoms with van der Waals surface area (Å²) >= 11 is 0. The molecule has 0 aliphatic carbocycles. The van der Waals surface area contributed by atoms with Crippen molar-refractivity contribution in [1.29, 1.82) is 0 Å². The first-order valence-corrected chi connectivity index (χ1v) is 9.31. The van der Waals surface area contributed by atoms with Crippen molar-refractivity contribution in [3.63, 3.8) is 0 Å². The van der Waals surface area contributed by atoms with E-state index in [0.29, 0.717) is 13.0 Å². The molecule has 21 heavy (non-hydrogen) atoms. The first-order valence-electron chi connectivity index (χ1n) is 7.48. The lowest BCUT2D eigenvalue weighted by Crippen LogP contribution is -2.50. The van der Waals surface area contributed by atoms with Crippen molar-refractivity contribution in [3.8, 4) is 0 Å². The highest BCUT2D eigenvalue weighted by molar-refractivity contribution is 7.91. The van der Waals surface area contributed by atoms with Gasteiger partial charge in [0.2, 0.25) is 11.8 Å². The molecule has 2 amide bonds. The van der Waals surface area contributed by atoms with Crippen LogP contribution in [-0.4, -0.2) is 44.3 Å². The Bertz CT molecular complexity index is 485. The van der Waals surface area contributed by atoms with Gasteiger partial charge in [0, 0.05) is 12.6 Å². The summed E-state index contributed by atoms with van der Waals surface area (Å²) < 4.78 is 22.8. The molecule has 1 saturated heterocycles. The van der Waals surface area contributed by atoms with Crippen LogP contribution in [-0.2, 0) is 19.4 Å². The van der Waals surface area contributed by atoms with Crippen LogP contribution in [0.15, 0.2) is 0 Å². The highest BCUT2D eigenvalue weighted by Crippen LogP contribution is 2.18. The molecule has 0 aromatic rings. The van der Waals surface area contributed by atoms with Gasteiger partial charge in [0.1, 0.15) is 5.41 Å². The Hall–Kier alpha value is -1.11. The predicted molar refractivity (Wildman–Crippen MR) is 81.5 cm³/mol. The second kappa shape index (κ2) is 7.24. The molecule has 2 N–H and O–H groups in total. The molecule has 1 unspecified atom stereocenters. The van der Waals surface area contributed by atoms with Crippen LogP contribution in [0, 0.1) is 5.41 Å². The average molecular weight is 318 g/mol. The number of amides is 2. The van der Waals surface area contributed by atoms with Crippen molar-refractivity contribution in [2.75, 3.05) is 18.1 Å². The number of rotatable bonds is 7. The maximum atomic E-state index is 12.2. The van der Waals surface area contributed by atoms with Crippen LogP contribution in [0.5, 0.6) is 0 Å². The molecular weight excluding hydrogens is 292 g/mol. The number of sulfone groups is 1. The van der Waals surface area contributed by atoms with Crippen LogP contribution >= 0.6 is 0 Å². The van der Waals surface area contributed by atoms with Crippen LogP contribution in [0.3, 0.4) is 0 Å². The maximum absolute atomic E-state index is 12.2. The van der Waals surface area contributed by atoms with E-state index in [1.807, 2.05) is 0 Å². The van der Waals surface area contributed by atoms with E-state index in [1.165, 1.54) is 0 Å². The largest absolute Gasteiger partial charge is 0.355 e. The lowest BCUT2D eigenvalue weighted by Gasteiger charge is -2.24. The zero-order valence-corrected chi connectivity index (χ0v) is 13.9. The molecular formula is C14H26N2O4S. The molecule has 0 radical (unpaired) electrons. The van der Waals surface area contributed by atoms with Gasteiger partial charge in [-0.2, -0.15) is 0 Å². The van der Waals surface area contributed by atoms with Gasteiger partial charge in [-0.05, 0) is 26.7 Å². The van der Waals surface area contributed by atoms with E-state index < -0.39 is 21.2 Å². The Morgan fingerprint density at radius 2 is 1.86 bits per heavy atom. The summed E-state index contributed by atoms with van der Waals surface area (Å²) in [4.78, 5) is 24.3. The highest BCUT2D eigenvalue weighted by atomic mass is 32.2. The molecule has 0 aromatic heterocycles. The molecule has 1 aliphatic heterocycles. The van der Waals surface area contributed by atoms with Gasteiger partial charge in [-0.3, -0.25) is 9.59 Å². The van der Waals surface area contributed by atoms with Gasteiger partial charge >= 0.3 is 0 Å². The van der Waals surface area contributed by atoms with Gasteiger partial charge in [0.05, 0.1) is 11.5 Å². The molecule has 1 atom stereocenters. The van der Waals surface area contributed by atoms with E-state index in [0.717, 1.165) is 19.3 Å². The third-order valence-corrected chi connectivity index (χ3v) is 5.54. The summed E-state index contributed by atoms with van der Waals surface area (Å²) in [6, 6.07) is -0.380. The smallest absolute Gasteiger partial charge is 0.235 e. The Labute approximate surface area is 127 Å². The number of hydrogen-bond acceptors (Lipinski definition) is 4. The number of hydrogen-bond donors (Lipinski definition) is 2. The Balaban J connectivity index is 2.48. The molecule has 1 rings (SSSR count). The van der Waals surface area contributed by atoms with Gasteiger partial charge in [-0.25, -0.2) is 8.42 Å². The maximum Gasteiger partial charge on any atom is 0.235 e. The Morgan fingerprint density at radius 1 is 1.19 bits per heavy atom. The molecule has 0 bridgehead atoms. The van der Waals surface area contributed by atoms with E-state index in [9.17, 15) is 18.0 Å². The quantitative estimate of drug-likeness (QED) is 0.532. The van der Waals surface area contributed by atoms with Crippen LogP contribution in [0.2, 0.25) is 0 Å². The van der Waals surface area contributed by atoms with Crippen molar-refractivity contribution in [1.82, 2.24) is 10.6 Å². The zero-order valence-electron chi connectivity index (χ0n) is 13.1. The molecule has 1 heterocycles. The zero-order chi connectivity index (χ0) is 16.1. The van der Waals surface area contributed by atoms with Gasteiger partial charge in [0.15, 0.2) is 9.84 Å². The van der Waals surface area contributed by atoms with E-state index in [4.69, 9.17) is 0 Å². The number of carbonyl (C=O) groups is 2. The van der Waals surface area contributed by atoms with Crippen molar-refractivity contribution >= 4 is 21.7 Å². The molecule has 0 spiro atoms. The first kappa shape index (κ1) is 17.9. The van der Waals surface area contributed by atoms with Crippen molar-refractivity contribution in [3.05, 3.63) is 0 Å². The van der Waals surface area contributed by atoms with E-state index >= 15 is 0 Å². The average Bonchev–Trinajstić information content (AvgIpc) is 2.73. The Morgan fingerprint density at radius 3 is 2.38 bits per heavy atom. The van der Waals surface area contributed by atoms with Gasteiger partial charge in [-0.1, -0.05) is 19.8 Å². The second-order valence-corrected chi connectivity index (χ2v) is 8.39. The molecule has 0 aromatic carbocycles. The number of unbranched alkanes of at least 4 members (excludes halogenated alkanes) is 2. The molecule has 7 heteroatoms. The monoisotopic (exact) mass is 318 g/mol. The van der Waals surface area contributed by atoms with Crippen LogP contribution in [0.25, 0.3) is 0 Å². The van der Waals surface area contributed by atoms with E-state index in [1.54, 1.807) is 13.8 Å². The summed E-state index contributed by atoms with van der Waals surface area (Å²) in [5.41, 5.74) is -1.20. The van der Waals surface area contributed by atoms with E-state index in [2.05, 4.69) is 17.6 Å². The lowest BCUT2D eigenvalue weighted by molar-refractivity contribution is -0.141. The van der Waals surface area contributed by atoms with Crippen LogP contribution < -0.4 is 10.6 Å². The third kappa shape index (κ3) is 5.30. The van der Waals surface area contributed by atoms with Crippen LogP contribution in [0.4, 0.5) is 0 Å². The van der Waals surface area contributed by atoms with Crippen LogP contribution in [0.1, 0.15) is 46.5 Å². The summed E-state index contributed by atoms with van der Waals surface area (Å²) in [7, 11) is -3.04.